The molecule has 2 aromatic rings. The Bertz CT molecular complexity index is 542. The van der Waals surface area contributed by atoms with Crippen LogP contribution in [0.5, 0.6) is 0 Å². The van der Waals surface area contributed by atoms with Gasteiger partial charge in [-0.3, -0.25) is 0 Å². The summed E-state index contributed by atoms with van der Waals surface area (Å²) in [4.78, 5) is 7.89. The summed E-state index contributed by atoms with van der Waals surface area (Å²) >= 11 is 5.99. The van der Waals surface area contributed by atoms with Crippen molar-refractivity contribution < 1.29 is 0 Å². The average molecular weight is 263 g/mol. The van der Waals surface area contributed by atoms with Gasteiger partial charge >= 0.3 is 0 Å². The van der Waals surface area contributed by atoms with Crippen molar-refractivity contribution in [3.8, 4) is 0 Å². The van der Waals surface area contributed by atoms with E-state index >= 15 is 0 Å². The molecule has 18 heavy (non-hydrogen) atoms. The van der Waals surface area contributed by atoms with Crippen LogP contribution in [-0.2, 0) is 13.0 Å². The number of rotatable bonds is 4. The molecule has 4 nitrogen and oxygen atoms in total. The largest absolute Gasteiger partial charge is 0.368 e. The van der Waals surface area contributed by atoms with E-state index in [1.54, 1.807) is 0 Å². The summed E-state index contributed by atoms with van der Waals surface area (Å²) in [6.07, 6.45) is 2.50. The van der Waals surface area contributed by atoms with E-state index in [9.17, 15) is 0 Å². The van der Waals surface area contributed by atoms with Crippen LogP contribution in [0.25, 0.3) is 0 Å². The summed E-state index contributed by atoms with van der Waals surface area (Å²) in [7, 11) is 0. The highest BCUT2D eigenvalue weighted by Crippen LogP contribution is 2.20. The number of aryl methyl sites for hydroxylation is 1. The third kappa shape index (κ3) is 2.90. The predicted molar refractivity (Wildman–Crippen MR) is 74.6 cm³/mol. The number of anilines is 2. The van der Waals surface area contributed by atoms with Crippen LogP contribution in [-0.4, -0.2) is 9.97 Å². The van der Waals surface area contributed by atoms with Gasteiger partial charge in [-0.2, -0.15) is 4.98 Å². The van der Waals surface area contributed by atoms with Crippen LogP contribution in [0.1, 0.15) is 18.1 Å². The number of benzene rings is 1. The van der Waals surface area contributed by atoms with Crippen LogP contribution in [0.3, 0.4) is 0 Å². The van der Waals surface area contributed by atoms with Gasteiger partial charge in [-0.25, -0.2) is 4.98 Å². The van der Waals surface area contributed by atoms with Gasteiger partial charge in [0.2, 0.25) is 5.95 Å². The Morgan fingerprint density at radius 1 is 1.28 bits per heavy atom. The van der Waals surface area contributed by atoms with Crippen LogP contribution in [0, 0.1) is 0 Å². The van der Waals surface area contributed by atoms with Crippen molar-refractivity contribution in [2.75, 3.05) is 11.1 Å². The molecule has 1 heterocycles. The normalized spacial score (nSPS) is 10.3. The third-order valence-corrected chi connectivity index (χ3v) is 2.98. The second kappa shape index (κ2) is 5.69. The molecule has 0 spiro atoms. The molecule has 0 bridgehead atoms. The van der Waals surface area contributed by atoms with E-state index in [1.807, 2.05) is 12.1 Å². The lowest BCUT2D eigenvalue weighted by atomic mass is 10.1. The topological polar surface area (TPSA) is 63.8 Å². The molecule has 0 aliphatic rings. The van der Waals surface area contributed by atoms with Gasteiger partial charge in [0.25, 0.3) is 0 Å². The van der Waals surface area contributed by atoms with Crippen molar-refractivity contribution >= 4 is 23.4 Å². The van der Waals surface area contributed by atoms with E-state index < -0.39 is 0 Å². The van der Waals surface area contributed by atoms with Gasteiger partial charge in [0, 0.05) is 6.54 Å². The van der Waals surface area contributed by atoms with E-state index in [-0.39, 0.29) is 5.95 Å². The maximum Gasteiger partial charge on any atom is 0.222 e. The highest BCUT2D eigenvalue weighted by atomic mass is 35.5. The Morgan fingerprint density at radius 2 is 2.00 bits per heavy atom. The maximum atomic E-state index is 5.99. The molecule has 0 saturated carbocycles. The summed E-state index contributed by atoms with van der Waals surface area (Å²) in [5, 5.41) is 3.65. The first-order valence-corrected chi connectivity index (χ1v) is 6.17. The molecular formula is C13H15ClN4. The quantitative estimate of drug-likeness (QED) is 0.889. The van der Waals surface area contributed by atoms with Gasteiger partial charge < -0.3 is 11.1 Å². The number of aromatic nitrogens is 2. The van der Waals surface area contributed by atoms with Crippen LogP contribution in [0.15, 0.2) is 30.5 Å². The summed E-state index contributed by atoms with van der Waals surface area (Å²) in [6, 6.07) is 8.27. The van der Waals surface area contributed by atoms with Gasteiger partial charge in [-0.1, -0.05) is 42.8 Å². The summed E-state index contributed by atoms with van der Waals surface area (Å²) in [5.74, 6) is 0.778. The average Bonchev–Trinajstić information content (AvgIpc) is 2.40. The lowest BCUT2D eigenvalue weighted by Gasteiger charge is -2.10. The van der Waals surface area contributed by atoms with Crippen LogP contribution < -0.4 is 11.1 Å². The van der Waals surface area contributed by atoms with Crippen molar-refractivity contribution in [2.24, 2.45) is 0 Å². The number of halogens is 1. The van der Waals surface area contributed by atoms with E-state index in [0.29, 0.717) is 17.4 Å². The van der Waals surface area contributed by atoms with Crippen molar-refractivity contribution in [1.29, 1.82) is 0 Å². The zero-order valence-corrected chi connectivity index (χ0v) is 10.9. The van der Waals surface area contributed by atoms with Crippen LogP contribution >= 0.6 is 11.6 Å². The minimum atomic E-state index is 0.214. The molecule has 0 unspecified atom stereocenters. The highest BCUT2D eigenvalue weighted by molar-refractivity contribution is 6.32. The summed E-state index contributed by atoms with van der Waals surface area (Å²) in [6.45, 7) is 2.80. The molecule has 5 heteroatoms. The molecule has 94 valence electrons. The molecule has 0 aliphatic heterocycles. The molecule has 1 aromatic heterocycles. The number of hydrogen-bond acceptors (Lipinski definition) is 4. The van der Waals surface area contributed by atoms with E-state index in [4.69, 9.17) is 17.3 Å². The summed E-state index contributed by atoms with van der Waals surface area (Å²) in [5.41, 5.74) is 8.07. The lowest BCUT2D eigenvalue weighted by Crippen LogP contribution is -2.06. The molecule has 0 radical (unpaired) electrons. The SMILES string of the molecule is CCc1ccccc1CNc1nc(N)ncc1Cl. The number of hydrogen-bond donors (Lipinski definition) is 2. The number of nitrogens with zero attached hydrogens (tertiary/aromatic N) is 2. The Hall–Kier alpha value is -1.81. The van der Waals surface area contributed by atoms with Crippen molar-refractivity contribution in [3.05, 3.63) is 46.6 Å². The van der Waals surface area contributed by atoms with Crippen LogP contribution in [0.4, 0.5) is 11.8 Å². The smallest absolute Gasteiger partial charge is 0.222 e. The fourth-order valence-corrected chi connectivity index (χ4v) is 1.92. The molecular weight excluding hydrogens is 248 g/mol. The molecule has 1 aromatic carbocycles. The fourth-order valence-electron chi connectivity index (χ4n) is 1.76. The lowest BCUT2D eigenvalue weighted by molar-refractivity contribution is 1.03. The number of nitrogens with two attached hydrogens (primary N) is 1. The molecule has 3 N–H and O–H groups in total. The monoisotopic (exact) mass is 262 g/mol. The Balaban J connectivity index is 2.14. The van der Waals surface area contributed by atoms with Crippen molar-refractivity contribution in [2.45, 2.75) is 19.9 Å². The molecule has 0 atom stereocenters. The van der Waals surface area contributed by atoms with Gasteiger partial charge in [0.1, 0.15) is 5.02 Å². The third-order valence-electron chi connectivity index (χ3n) is 2.71. The Morgan fingerprint density at radius 3 is 2.72 bits per heavy atom. The predicted octanol–water partition coefficient (Wildman–Crippen LogP) is 2.89. The molecule has 0 amide bonds. The Kier molecular flexibility index (Phi) is 3.99. The molecule has 0 aliphatic carbocycles. The van der Waals surface area contributed by atoms with Gasteiger partial charge in [-0.15, -0.1) is 0 Å². The first kappa shape index (κ1) is 12.6. The van der Waals surface area contributed by atoms with Gasteiger partial charge in [0.15, 0.2) is 5.82 Å². The second-order valence-corrected chi connectivity index (χ2v) is 4.31. The maximum absolute atomic E-state index is 5.99. The van der Waals surface area contributed by atoms with Crippen LogP contribution in [0.2, 0.25) is 5.02 Å². The first-order valence-electron chi connectivity index (χ1n) is 5.79. The van der Waals surface area contributed by atoms with E-state index in [1.165, 1.54) is 17.3 Å². The number of nitrogen functional groups attached to an aromatic ring is 1. The van der Waals surface area contributed by atoms with E-state index in [0.717, 1.165) is 6.42 Å². The zero-order valence-electron chi connectivity index (χ0n) is 10.2. The Labute approximate surface area is 111 Å². The van der Waals surface area contributed by atoms with Gasteiger partial charge in [-0.05, 0) is 17.5 Å². The van der Waals surface area contributed by atoms with Gasteiger partial charge in [0.05, 0.1) is 6.20 Å². The van der Waals surface area contributed by atoms with Crippen molar-refractivity contribution in [3.63, 3.8) is 0 Å². The molecule has 0 fully saturated rings. The second-order valence-electron chi connectivity index (χ2n) is 3.90. The molecule has 2 rings (SSSR count). The highest BCUT2D eigenvalue weighted by Gasteiger charge is 2.05. The minimum Gasteiger partial charge on any atom is -0.368 e. The fraction of sp³-hybridized carbons (Fsp3) is 0.231. The first-order chi connectivity index (χ1) is 8.70. The number of nitrogens with one attached hydrogen (secondary N) is 1. The van der Waals surface area contributed by atoms with Crippen molar-refractivity contribution in [1.82, 2.24) is 9.97 Å². The minimum absolute atomic E-state index is 0.214. The zero-order chi connectivity index (χ0) is 13.0. The standard InChI is InChI=1S/C13H15ClN4/c1-2-9-5-3-4-6-10(9)7-16-12-11(14)8-17-13(15)18-12/h3-6,8H,2,7H2,1H3,(H3,15,16,17,18). The molecule has 0 saturated heterocycles. The summed E-state index contributed by atoms with van der Waals surface area (Å²) < 4.78 is 0. The van der Waals surface area contributed by atoms with E-state index in [2.05, 4.69) is 34.3 Å².